The van der Waals surface area contributed by atoms with Gasteiger partial charge in [0.2, 0.25) is 5.78 Å². The van der Waals surface area contributed by atoms with Crippen LogP contribution in [0.4, 0.5) is 17.6 Å². The number of nitrogens with zero attached hydrogens (tertiary/aromatic N) is 1. The summed E-state index contributed by atoms with van der Waals surface area (Å²) in [5, 5.41) is -0.799. The van der Waals surface area contributed by atoms with Crippen LogP contribution in [0.1, 0.15) is 21.6 Å². The van der Waals surface area contributed by atoms with Gasteiger partial charge in [-0.2, -0.15) is 13.2 Å². The smallest absolute Gasteiger partial charge is 0.287 e. The highest BCUT2D eigenvalue weighted by Crippen LogP contribution is 2.39. The van der Waals surface area contributed by atoms with Crippen LogP contribution in [-0.2, 0) is 6.18 Å². The summed E-state index contributed by atoms with van der Waals surface area (Å²) in [5.74, 6) is -1.97. The maximum absolute atomic E-state index is 13.6. The Morgan fingerprint density at radius 1 is 1.24 bits per heavy atom. The van der Waals surface area contributed by atoms with Gasteiger partial charge in [-0.15, -0.1) is 0 Å². The summed E-state index contributed by atoms with van der Waals surface area (Å²) in [4.78, 5) is 15.7. The number of hydrogen-bond acceptors (Lipinski definition) is 2. The van der Waals surface area contributed by atoms with E-state index < -0.39 is 39.6 Å². The number of halogens is 6. The molecule has 0 radical (unpaired) electrons. The van der Waals surface area contributed by atoms with Crippen LogP contribution >= 0.6 is 27.5 Å². The molecular formula is C13H5BrClF4NO. The molecule has 0 bridgehead atoms. The first-order chi connectivity index (χ1) is 9.73. The van der Waals surface area contributed by atoms with Crippen LogP contribution in [0, 0.1) is 5.82 Å². The average molecular weight is 383 g/mol. The molecule has 0 aliphatic rings. The van der Waals surface area contributed by atoms with Gasteiger partial charge in [-0.25, -0.2) is 9.37 Å². The van der Waals surface area contributed by atoms with Gasteiger partial charge < -0.3 is 0 Å². The largest absolute Gasteiger partial charge is 0.417 e. The van der Waals surface area contributed by atoms with Crippen molar-refractivity contribution in [1.29, 1.82) is 0 Å². The van der Waals surface area contributed by atoms with Gasteiger partial charge in [-0.3, -0.25) is 4.79 Å². The first-order valence-electron chi connectivity index (χ1n) is 5.44. The van der Waals surface area contributed by atoms with Crippen LogP contribution in [0.15, 0.2) is 34.9 Å². The molecule has 21 heavy (non-hydrogen) atoms. The zero-order valence-corrected chi connectivity index (χ0v) is 12.4. The van der Waals surface area contributed by atoms with E-state index in [2.05, 4.69) is 20.9 Å². The standard InChI is InChI=1S/C13H5BrClF4NO/c14-7-4-3-6(13(17,18)19)10(15)9(7)12(21)11-8(16)2-1-5-20-11/h1-5H. The first-order valence-corrected chi connectivity index (χ1v) is 6.61. The fraction of sp³-hybridized carbons (Fsp3) is 0.0769. The Morgan fingerprint density at radius 2 is 1.90 bits per heavy atom. The Morgan fingerprint density at radius 3 is 2.48 bits per heavy atom. The van der Waals surface area contributed by atoms with Crippen molar-refractivity contribution in [3.63, 3.8) is 0 Å². The maximum atomic E-state index is 13.6. The Kier molecular flexibility index (Phi) is 4.34. The zero-order chi connectivity index (χ0) is 15.8. The van der Waals surface area contributed by atoms with Crippen LogP contribution in [-0.4, -0.2) is 10.8 Å². The summed E-state index contributed by atoms with van der Waals surface area (Å²) < 4.78 is 52.0. The quantitative estimate of drug-likeness (QED) is 0.547. The van der Waals surface area contributed by atoms with Crippen molar-refractivity contribution >= 4 is 33.3 Å². The zero-order valence-electron chi connectivity index (χ0n) is 10.0. The number of pyridine rings is 1. The number of rotatable bonds is 2. The predicted octanol–water partition coefficient (Wildman–Crippen LogP) is 4.89. The highest BCUT2D eigenvalue weighted by Gasteiger charge is 2.36. The average Bonchev–Trinajstić information content (AvgIpc) is 2.37. The second-order valence-corrected chi connectivity index (χ2v) is 5.18. The molecule has 0 spiro atoms. The molecule has 0 N–H and O–H groups in total. The lowest BCUT2D eigenvalue weighted by Crippen LogP contribution is -2.13. The summed E-state index contributed by atoms with van der Waals surface area (Å²) in [6.45, 7) is 0. The molecule has 1 aromatic carbocycles. The summed E-state index contributed by atoms with van der Waals surface area (Å²) >= 11 is 8.62. The van der Waals surface area contributed by atoms with Gasteiger partial charge in [0.15, 0.2) is 5.82 Å². The first kappa shape index (κ1) is 15.9. The van der Waals surface area contributed by atoms with Gasteiger partial charge in [0.05, 0.1) is 16.1 Å². The topological polar surface area (TPSA) is 30.0 Å². The third-order valence-electron chi connectivity index (χ3n) is 2.60. The molecule has 0 unspecified atom stereocenters. The Balaban J connectivity index is 2.64. The van der Waals surface area contributed by atoms with E-state index >= 15 is 0 Å². The van der Waals surface area contributed by atoms with Gasteiger partial charge in [0.25, 0.3) is 0 Å². The van der Waals surface area contributed by atoms with Crippen molar-refractivity contribution in [2.75, 3.05) is 0 Å². The molecule has 0 fully saturated rings. The van der Waals surface area contributed by atoms with E-state index in [4.69, 9.17) is 11.6 Å². The molecule has 2 rings (SSSR count). The molecule has 0 aliphatic carbocycles. The van der Waals surface area contributed by atoms with Crippen molar-refractivity contribution in [2.45, 2.75) is 6.18 Å². The summed E-state index contributed by atoms with van der Waals surface area (Å²) in [5.41, 5.74) is -2.25. The number of carbonyl (C=O) groups excluding carboxylic acids is 1. The van der Waals surface area contributed by atoms with Gasteiger partial charge in [0, 0.05) is 10.7 Å². The fourth-order valence-electron chi connectivity index (χ4n) is 1.65. The van der Waals surface area contributed by atoms with E-state index in [1.54, 1.807) is 0 Å². The minimum Gasteiger partial charge on any atom is -0.287 e. The second kappa shape index (κ2) is 5.73. The fourth-order valence-corrected chi connectivity index (χ4v) is 2.63. The molecule has 0 amide bonds. The molecule has 1 heterocycles. The van der Waals surface area contributed by atoms with Crippen LogP contribution < -0.4 is 0 Å². The number of ketones is 1. The highest BCUT2D eigenvalue weighted by atomic mass is 79.9. The lowest BCUT2D eigenvalue weighted by Gasteiger charge is -2.13. The van der Waals surface area contributed by atoms with Crippen molar-refractivity contribution in [2.24, 2.45) is 0 Å². The third-order valence-corrected chi connectivity index (χ3v) is 3.65. The van der Waals surface area contributed by atoms with Gasteiger partial charge in [-0.1, -0.05) is 11.6 Å². The van der Waals surface area contributed by atoms with Crippen LogP contribution in [0.2, 0.25) is 5.02 Å². The molecule has 110 valence electrons. The third kappa shape index (κ3) is 3.08. The highest BCUT2D eigenvalue weighted by molar-refractivity contribution is 9.10. The second-order valence-electron chi connectivity index (χ2n) is 3.94. The molecule has 0 saturated heterocycles. The monoisotopic (exact) mass is 381 g/mol. The number of hydrogen-bond donors (Lipinski definition) is 0. The Bertz CT molecular complexity index is 718. The van der Waals surface area contributed by atoms with E-state index in [0.717, 1.165) is 24.4 Å². The van der Waals surface area contributed by atoms with Crippen molar-refractivity contribution in [3.05, 3.63) is 62.6 Å². The number of alkyl halides is 3. The van der Waals surface area contributed by atoms with Crippen LogP contribution in [0.3, 0.4) is 0 Å². The number of carbonyl (C=O) groups is 1. The summed E-state index contributed by atoms with van der Waals surface area (Å²) in [6.07, 6.45) is -3.57. The van der Waals surface area contributed by atoms with Crippen molar-refractivity contribution in [3.8, 4) is 0 Å². The summed E-state index contributed by atoms with van der Waals surface area (Å²) in [7, 11) is 0. The SMILES string of the molecule is O=C(c1ncccc1F)c1c(Br)ccc(C(F)(F)F)c1Cl. The lowest BCUT2D eigenvalue weighted by atomic mass is 10.0. The number of benzene rings is 1. The minimum absolute atomic E-state index is 0.0237. The van der Waals surface area contributed by atoms with Crippen LogP contribution in [0.25, 0.3) is 0 Å². The Hall–Kier alpha value is -1.47. The predicted molar refractivity (Wildman–Crippen MR) is 71.8 cm³/mol. The molecule has 2 nitrogen and oxygen atoms in total. The van der Waals surface area contributed by atoms with Crippen molar-refractivity contribution in [1.82, 2.24) is 4.98 Å². The van der Waals surface area contributed by atoms with E-state index in [1.807, 2.05) is 0 Å². The molecule has 0 saturated carbocycles. The molecule has 2 aromatic rings. The summed E-state index contributed by atoms with van der Waals surface area (Å²) in [6, 6.07) is 4.01. The Labute approximate surface area is 129 Å². The molecule has 0 atom stereocenters. The van der Waals surface area contributed by atoms with Crippen molar-refractivity contribution < 1.29 is 22.4 Å². The normalized spacial score (nSPS) is 11.5. The number of aromatic nitrogens is 1. The molecule has 1 aromatic heterocycles. The van der Waals surface area contributed by atoms with E-state index in [-0.39, 0.29) is 4.47 Å². The molecule has 0 aliphatic heterocycles. The molecular weight excluding hydrogens is 377 g/mol. The maximum Gasteiger partial charge on any atom is 0.417 e. The molecule has 8 heteroatoms. The van der Waals surface area contributed by atoms with Gasteiger partial charge in [0.1, 0.15) is 5.69 Å². The van der Waals surface area contributed by atoms with E-state index in [1.165, 1.54) is 6.07 Å². The van der Waals surface area contributed by atoms with Crippen LogP contribution in [0.5, 0.6) is 0 Å². The van der Waals surface area contributed by atoms with E-state index in [0.29, 0.717) is 0 Å². The van der Waals surface area contributed by atoms with E-state index in [9.17, 15) is 22.4 Å². The van der Waals surface area contributed by atoms with Gasteiger partial charge >= 0.3 is 6.18 Å². The van der Waals surface area contributed by atoms with Gasteiger partial charge in [-0.05, 0) is 40.2 Å². The minimum atomic E-state index is -4.73. The lowest BCUT2D eigenvalue weighted by molar-refractivity contribution is -0.137.